The summed E-state index contributed by atoms with van der Waals surface area (Å²) in [6.07, 6.45) is 7.61. The molecule has 1 N–H and O–H groups in total. The Morgan fingerprint density at radius 2 is 2.23 bits per heavy atom. The van der Waals surface area contributed by atoms with Gasteiger partial charge in [-0.25, -0.2) is 4.79 Å². The zero-order valence-corrected chi connectivity index (χ0v) is 13.2. The molecular weight excluding hydrogens is 276 g/mol. The molecule has 0 amide bonds. The molecule has 0 saturated heterocycles. The summed E-state index contributed by atoms with van der Waals surface area (Å²) >= 11 is 0. The molecule has 1 aliphatic carbocycles. The number of hydrogen-bond donors (Lipinski definition) is 1. The molecule has 116 valence electrons. The van der Waals surface area contributed by atoms with E-state index in [0.29, 0.717) is 12.0 Å². The maximum Gasteiger partial charge on any atom is 0.332 e. The summed E-state index contributed by atoms with van der Waals surface area (Å²) in [5.41, 5.74) is 4.31. The number of fused-ring (bicyclic) bond motifs is 1. The number of benzene rings is 1. The van der Waals surface area contributed by atoms with Crippen LogP contribution in [-0.2, 0) is 16.6 Å². The Balaban J connectivity index is 1.62. The molecule has 0 unspecified atom stereocenters. The average Bonchev–Trinajstić information content (AvgIpc) is 3.24. The van der Waals surface area contributed by atoms with E-state index in [1.54, 1.807) is 0 Å². The van der Waals surface area contributed by atoms with Gasteiger partial charge in [0.25, 0.3) is 0 Å². The number of ether oxygens (including phenoxy) is 1. The summed E-state index contributed by atoms with van der Waals surface area (Å²) in [6, 6.07) is 6.48. The van der Waals surface area contributed by atoms with Gasteiger partial charge in [-0.2, -0.15) is 0 Å². The van der Waals surface area contributed by atoms with Crippen molar-refractivity contribution in [1.29, 1.82) is 0 Å². The van der Waals surface area contributed by atoms with Crippen LogP contribution in [0.15, 0.2) is 41.5 Å². The summed E-state index contributed by atoms with van der Waals surface area (Å²) in [4.78, 5) is 10.7. The molecule has 1 aromatic rings. The van der Waals surface area contributed by atoms with Crippen LogP contribution >= 0.6 is 0 Å². The molecule has 1 aliphatic heterocycles. The fourth-order valence-corrected chi connectivity index (χ4v) is 2.93. The van der Waals surface area contributed by atoms with Gasteiger partial charge in [0.1, 0.15) is 5.75 Å². The Kier molecular flexibility index (Phi) is 3.81. The number of carboxylic acid groups (broad SMARTS) is 1. The van der Waals surface area contributed by atoms with Gasteiger partial charge >= 0.3 is 5.97 Å². The Hall–Kier alpha value is -2.03. The predicted octanol–water partition coefficient (Wildman–Crippen LogP) is 4.02. The standard InChI is InChI=1S/C19H22O3/c1-19(2)9-10-22-17-8-7-13(11-16(17)19)5-3-4-6-14-12-15(14)18(20)21/h4,6-8,11H,3,5,9-10,12H2,1-2H3,(H,20,21). The van der Waals surface area contributed by atoms with Crippen molar-refractivity contribution in [2.75, 3.05) is 6.61 Å². The molecule has 0 bridgehead atoms. The molecule has 0 saturated carbocycles. The molecule has 0 fully saturated rings. The number of allylic oxidation sites excluding steroid dienone is 3. The highest BCUT2D eigenvalue weighted by molar-refractivity contribution is 5.94. The fourth-order valence-electron chi connectivity index (χ4n) is 2.93. The van der Waals surface area contributed by atoms with Crippen LogP contribution in [-0.4, -0.2) is 17.7 Å². The summed E-state index contributed by atoms with van der Waals surface area (Å²) < 4.78 is 5.74. The summed E-state index contributed by atoms with van der Waals surface area (Å²) in [7, 11) is 0. The van der Waals surface area contributed by atoms with Crippen LogP contribution in [0.5, 0.6) is 5.75 Å². The number of aliphatic carboxylic acids is 1. The molecule has 0 spiro atoms. The van der Waals surface area contributed by atoms with Gasteiger partial charge < -0.3 is 9.84 Å². The number of rotatable bonds is 5. The van der Waals surface area contributed by atoms with E-state index in [9.17, 15) is 4.79 Å². The molecule has 2 aliphatic rings. The highest BCUT2D eigenvalue weighted by Crippen LogP contribution is 2.38. The molecule has 3 rings (SSSR count). The number of hydrogen-bond acceptors (Lipinski definition) is 2. The number of carbonyl (C=O) groups is 1. The Labute approximate surface area is 131 Å². The molecule has 1 heterocycles. The Morgan fingerprint density at radius 3 is 2.95 bits per heavy atom. The van der Waals surface area contributed by atoms with Crippen LogP contribution in [0.3, 0.4) is 0 Å². The van der Waals surface area contributed by atoms with E-state index in [-0.39, 0.29) is 5.41 Å². The van der Waals surface area contributed by atoms with Crippen molar-refractivity contribution in [3.05, 3.63) is 52.6 Å². The van der Waals surface area contributed by atoms with Gasteiger partial charge in [-0.1, -0.05) is 38.1 Å². The fraction of sp³-hybridized carbons (Fsp3) is 0.421. The van der Waals surface area contributed by atoms with Crippen molar-refractivity contribution in [2.45, 2.75) is 44.9 Å². The third kappa shape index (κ3) is 3.08. The van der Waals surface area contributed by atoms with Gasteiger partial charge in [-0.05, 0) is 41.9 Å². The third-order valence-electron chi connectivity index (χ3n) is 4.56. The third-order valence-corrected chi connectivity index (χ3v) is 4.56. The number of aryl methyl sites for hydroxylation is 1. The van der Waals surface area contributed by atoms with Crippen LogP contribution in [0.2, 0.25) is 0 Å². The zero-order chi connectivity index (χ0) is 15.7. The van der Waals surface area contributed by atoms with Gasteiger partial charge in [0, 0.05) is 17.6 Å². The van der Waals surface area contributed by atoms with Crippen molar-refractivity contribution in [3.63, 3.8) is 0 Å². The first-order chi connectivity index (χ1) is 10.5. The maximum absolute atomic E-state index is 10.7. The van der Waals surface area contributed by atoms with Gasteiger partial charge in [0.15, 0.2) is 0 Å². The largest absolute Gasteiger partial charge is 0.493 e. The van der Waals surface area contributed by atoms with Crippen molar-refractivity contribution < 1.29 is 14.6 Å². The van der Waals surface area contributed by atoms with E-state index >= 15 is 0 Å². The van der Waals surface area contributed by atoms with Crippen LogP contribution in [0.25, 0.3) is 0 Å². The second-order valence-corrected chi connectivity index (χ2v) is 6.74. The Morgan fingerprint density at radius 1 is 1.41 bits per heavy atom. The minimum Gasteiger partial charge on any atom is -0.493 e. The lowest BCUT2D eigenvalue weighted by Gasteiger charge is -2.32. The summed E-state index contributed by atoms with van der Waals surface area (Å²) in [5.74, 6) is 0.237. The lowest BCUT2D eigenvalue weighted by molar-refractivity contribution is -0.132. The molecule has 0 atom stereocenters. The first-order valence-corrected chi connectivity index (χ1v) is 7.85. The van der Waals surface area contributed by atoms with Crippen LogP contribution < -0.4 is 4.74 Å². The first kappa shape index (κ1) is 14.9. The summed E-state index contributed by atoms with van der Waals surface area (Å²) in [6.45, 7) is 5.33. The highest BCUT2D eigenvalue weighted by Gasteiger charge is 2.28. The summed E-state index contributed by atoms with van der Waals surface area (Å²) in [5, 5.41) is 8.82. The maximum atomic E-state index is 10.7. The second kappa shape index (κ2) is 5.64. The zero-order valence-electron chi connectivity index (χ0n) is 13.2. The second-order valence-electron chi connectivity index (χ2n) is 6.74. The Bertz CT molecular complexity index is 665. The van der Waals surface area contributed by atoms with Crippen LogP contribution in [0.1, 0.15) is 44.2 Å². The van der Waals surface area contributed by atoms with E-state index in [2.05, 4.69) is 38.1 Å². The van der Waals surface area contributed by atoms with Gasteiger partial charge in [-0.3, -0.25) is 0 Å². The van der Waals surface area contributed by atoms with E-state index in [4.69, 9.17) is 9.84 Å². The molecule has 1 aromatic carbocycles. The smallest absolute Gasteiger partial charge is 0.332 e. The molecule has 0 aromatic heterocycles. The van der Waals surface area contributed by atoms with Gasteiger partial charge in [0.2, 0.25) is 0 Å². The van der Waals surface area contributed by atoms with Crippen molar-refractivity contribution in [2.24, 2.45) is 0 Å². The van der Waals surface area contributed by atoms with Crippen LogP contribution in [0.4, 0.5) is 0 Å². The predicted molar refractivity (Wildman–Crippen MR) is 86.3 cm³/mol. The van der Waals surface area contributed by atoms with Crippen molar-refractivity contribution in [3.8, 4) is 5.75 Å². The topological polar surface area (TPSA) is 46.5 Å². The molecule has 22 heavy (non-hydrogen) atoms. The molecular formula is C19H22O3. The molecule has 0 radical (unpaired) electrons. The minimum atomic E-state index is -0.781. The average molecular weight is 298 g/mol. The first-order valence-electron chi connectivity index (χ1n) is 7.85. The monoisotopic (exact) mass is 298 g/mol. The lowest BCUT2D eigenvalue weighted by atomic mass is 9.79. The molecule has 3 heteroatoms. The van der Waals surface area contributed by atoms with Crippen molar-refractivity contribution in [1.82, 2.24) is 0 Å². The SMILES string of the molecule is CC1(C)CCOc2ccc(CCC=CC3=C(C(=O)O)C3)cc21. The van der Waals surface area contributed by atoms with E-state index < -0.39 is 5.97 Å². The van der Waals surface area contributed by atoms with Gasteiger partial charge in [0.05, 0.1) is 6.61 Å². The number of carboxylic acids is 1. The van der Waals surface area contributed by atoms with E-state index in [1.807, 2.05) is 6.08 Å². The normalized spacial score (nSPS) is 19.0. The van der Waals surface area contributed by atoms with Gasteiger partial charge in [-0.15, -0.1) is 0 Å². The minimum absolute atomic E-state index is 0.175. The lowest BCUT2D eigenvalue weighted by Crippen LogP contribution is -2.26. The van der Waals surface area contributed by atoms with E-state index in [1.165, 1.54) is 11.1 Å². The highest BCUT2D eigenvalue weighted by atomic mass is 16.5. The quantitative estimate of drug-likeness (QED) is 0.893. The van der Waals surface area contributed by atoms with E-state index in [0.717, 1.165) is 37.2 Å². The molecule has 3 nitrogen and oxygen atoms in total. The van der Waals surface area contributed by atoms with Crippen molar-refractivity contribution >= 4 is 5.97 Å². The van der Waals surface area contributed by atoms with Crippen LogP contribution in [0, 0.1) is 0 Å².